The lowest BCUT2D eigenvalue weighted by atomic mass is 10.1. The Bertz CT molecular complexity index is 440. The molecule has 1 saturated heterocycles. The maximum Gasteiger partial charge on any atom is 0.128 e. The van der Waals surface area contributed by atoms with E-state index in [1.807, 2.05) is 6.20 Å². The lowest BCUT2D eigenvalue weighted by Crippen LogP contribution is -2.41. The van der Waals surface area contributed by atoms with Gasteiger partial charge in [0.2, 0.25) is 0 Å². The Labute approximate surface area is 134 Å². The van der Waals surface area contributed by atoms with Crippen LogP contribution in [0.5, 0.6) is 0 Å². The van der Waals surface area contributed by atoms with Gasteiger partial charge >= 0.3 is 0 Å². The van der Waals surface area contributed by atoms with Crippen LogP contribution in [0.1, 0.15) is 51.0 Å². The molecular weight excluding hydrogens is 274 g/mol. The van der Waals surface area contributed by atoms with Gasteiger partial charge in [-0.3, -0.25) is 0 Å². The number of hydrogen-bond acceptors (Lipinski definition) is 4. The molecule has 1 aliphatic carbocycles. The van der Waals surface area contributed by atoms with Crippen molar-refractivity contribution in [2.75, 3.05) is 24.6 Å². The Morgan fingerprint density at radius 1 is 1.23 bits per heavy atom. The largest absolute Gasteiger partial charge is 0.375 e. The van der Waals surface area contributed by atoms with Crippen molar-refractivity contribution in [1.82, 2.24) is 10.3 Å². The highest BCUT2D eigenvalue weighted by atomic mass is 16.5. The molecule has 22 heavy (non-hydrogen) atoms. The monoisotopic (exact) mass is 303 g/mol. The van der Waals surface area contributed by atoms with E-state index in [0.29, 0.717) is 12.1 Å². The zero-order valence-corrected chi connectivity index (χ0v) is 13.8. The van der Waals surface area contributed by atoms with Crippen LogP contribution in [0.25, 0.3) is 0 Å². The average Bonchev–Trinajstić information content (AvgIpc) is 2.82. The lowest BCUT2D eigenvalue weighted by molar-refractivity contribution is 0.0529. The van der Waals surface area contributed by atoms with E-state index in [0.717, 1.165) is 32.1 Å². The van der Waals surface area contributed by atoms with Gasteiger partial charge in [-0.15, -0.1) is 0 Å². The third kappa shape index (κ3) is 4.43. The fourth-order valence-electron chi connectivity index (χ4n) is 3.48. The highest BCUT2D eigenvalue weighted by Gasteiger charge is 2.17. The van der Waals surface area contributed by atoms with Crippen LogP contribution in [-0.4, -0.2) is 36.8 Å². The Kier molecular flexibility index (Phi) is 5.68. The van der Waals surface area contributed by atoms with E-state index >= 15 is 0 Å². The third-order valence-electron chi connectivity index (χ3n) is 4.82. The summed E-state index contributed by atoms with van der Waals surface area (Å²) in [7, 11) is 0. The second kappa shape index (κ2) is 7.93. The number of hydrogen-bond donors (Lipinski definition) is 1. The van der Waals surface area contributed by atoms with Crippen molar-refractivity contribution < 1.29 is 4.74 Å². The van der Waals surface area contributed by atoms with E-state index in [1.54, 1.807) is 0 Å². The van der Waals surface area contributed by atoms with Gasteiger partial charge in [-0.25, -0.2) is 4.98 Å². The van der Waals surface area contributed by atoms with E-state index < -0.39 is 0 Å². The van der Waals surface area contributed by atoms with Crippen LogP contribution < -0.4 is 10.2 Å². The van der Waals surface area contributed by atoms with Crippen molar-refractivity contribution in [3.8, 4) is 0 Å². The van der Waals surface area contributed by atoms with E-state index in [-0.39, 0.29) is 0 Å². The molecule has 2 fully saturated rings. The first-order chi connectivity index (χ1) is 10.8. The summed E-state index contributed by atoms with van der Waals surface area (Å²) in [6, 6.07) is 5.07. The number of ether oxygens (including phenoxy) is 1. The molecule has 1 unspecified atom stereocenters. The Morgan fingerprint density at radius 2 is 2.05 bits per heavy atom. The topological polar surface area (TPSA) is 37.4 Å². The van der Waals surface area contributed by atoms with Gasteiger partial charge in [0.1, 0.15) is 5.82 Å². The highest BCUT2D eigenvalue weighted by molar-refractivity contribution is 5.39. The Morgan fingerprint density at radius 3 is 2.73 bits per heavy atom. The number of anilines is 1. The van der Waals surface area contributed by atoms with Crippen molar-refractivity contribution in [1.29, 1.82) is 0 Å². The second-order valence-corrected chi connectivity index (χ2v) is 6.72. The van der Waals surface area contributed by atoms with Crippen LogP contribution in [0.2, 0.25) is 0 Å². The summed E-state index contributed by atoms with van der Waals surface area (Å²) in [5, 5.41) is 3.71. The van der Waals surface area contributed by atoms with Crippen LogP contribution >= 0.6 is 0 Å². The van der Waals surface area contributed by atoms with E-state index in [2.05, 4.69) is 34.3 Å². The van der Waals surface area contributed by atoms with Crippen molar-refractivity contribution in [2.45, 2.75) is 64.1 Å². The summed E-state index contributed by atoms with van der Waals surface area (Å²) in [6.07, 6.45) is 10.6. The third-order valence-corrected chi connectivity index (χ3v) is 4.82. The maximum atomic E-state index is 5.59. The van der Waals surface area contributed by atoms with Crippen LogP contribution in [0.15, 0.2) is 18.3 Å². The zero-order chi connectivity index (χ0) is 15.2. The van der Waals surface area contributed by atoms with Crippen LogP contribution in [-0.2, 0) is 11.3 Å². The molecule has 0 amide bonds. The maximum absolute atomic E-state index is 5.59. The molecule has 4 nitrogen and oxygen atoms in total. The first-order valence-electron chi connectivity index (χ1n) is 8.86. The molecule has 2 aliphatic rings. The number of aromatic nitrogens is 1. The predicted octanol–water partition coefficient (Wildman–Crippen LogP) is 3.12. The molecule has 1 aliphatic heterocycles. The van der Waals surface area contributed by atoms with Crippen LogP contribution in [0.4, 0.5) is 5.82 Å². The minimum absolute atomic E-state index is 0.298. The normalized spacial score (nSPS) is 24.2. The molecule has 2 heterocycles. The van der Waals surface area contributed by atoms with Gasteiger partial charge in [0, 0.05) is 31.9 Å². The Hall–Kier alpha value is -1.13. The van der Waals surface area contributed by atoms with Gasteiger partial charge in [-0.2, -0.15) is 0 Å². The molecule has 1 N–H and O–H groups in total. The molecule has 1 aromatic heterocycles. The van der Waals surface area contributed by atoms with Crippen molar-refractivity contribution in [3.63, 3.8) is 0 Å². The number of rotatable bonds is 4. The minimum Gasteiger partial charge on any atom is -0.375 e. The van der Waals surface area contributed by atoms with Gasteiger partial charge < -0.3 is 15.0 Å². The summed E-state index contributed by atoms with van der Waals surface area (Å²) in [5.74, 6) is 1.08. The smallest absolute Gasteiger partial charge is 0.128 e. The van der Waals surface area contributed by atoms with Gasteiger partial charge in [-0.05, 0) is 31.4 Å². The number of nitrogens with zero attached hydrogens (tertiary/aromatic N) is 2. The molecule has 1 aromatic rings. The van der Waals surface area contributed by atoms with Gasteiger partial charge in [0.25, 0.3) is 0 Å². The number of morpholine rings is 1. The highest BCUT2D eigenvalue weighted by Crippen LogP contribution is 2.18. The molecule has 4 heteroatoms. The fraction of sp³-hybridized carbons (Fsp3) is 0.722. The van der Waals surface area contributed by atoms with E-state index in [9.17, 15) is 0 Å². The molecule has 0 aromatic carbocycles. The van der Waals surface area contributed by atoms with E-state index in [1.165, 1.54) is 44.1 Å². The zero-order valence-electron chi connectivity index (χ0n) is 13.8. The van der Waals surface area contributed by atoms with Crippen molar-refractivity contribution >= 4 is 5.82 Å². The van der Waals surface area contributed by atoms with Crippen molar-refractivity contribution in [2.24, 2.45) is 0 Å². The number of nitrogens with one attached hydrogen (secondary N) is 1. The number of pyridine rings is 1. The summed E-state index contributed by atoms with van der Waals surface area (Å²) < 4.78 is 5.59. The molecule has 0 spiro atoms. The minimum atomic E-state index is 0.298. The molecular formula is C18H29N3O. The summed E-state index contributed by atoms with van der Waals surface area (Å²) in [4.78, 5) is 6.97. The summed E-state index contributed by atoms with van der Waals surface area (Å²) in [6.45, 7) is 5.74. The quantitative estimate of drug-likeness (QED) is 0.867. The molecule has 1 saturated carbocycles. The molecule has 1 atom stereocenters. The molecule has 122 valence electrons. The SMILES string of the molecule is CC1CN(c2ccc(CNC3CCCCCC3)cn2)CCO1. The molecule has 0 bridgehead atoms. The predicted molar refractivity (Wildman–Crippen MR) is 90.2 cm³/mol. The summed E-state index contributed by atoms with van der Waals surface area (Å²) in [5.41, 5.74) is 1.29. The molecule has 0 radical (unpaired) electrons. The van der Waals surface area contributed by atoms with Crippen LogP contribution in [0.3, 0.4) is 0 Å². The van der Waals surface area contributed by atoms with Gasteiger partial charge in [0.15, 0.2) is 0 Å². The fourth-order valence-corrected chi connectivity index (χ4v) is 3.48. The average molecular weight is 303 g/mol. The Balaban J connectivity index is 1.50. The van der Waals surface area contributed by atoms with Crippen LogP contribution in [0, 0.1) is 0 Å². The standard InChI is InChI=1S/C18H29N3O/c1-15-14-21(10-11-22-15)18-9-8-16(13-20-18)12-19-17-6-4-2-3-5-7-17/h8-9,13,15,17,19H,2-7,10-12,14H2,1H3. The first kappa shape index (κ1) is 15.8. The second-order valence-electron chi connectivity index (χ2n) is 6.72. The van der Waals surface area contributed by atoms with Crippen molar-refractivity contribution in [3.05, 3.63) is 23.9 Å². The van der Waals surface area contributed by atoms with E-state index in [4.69, 9.17) is 4.74 Å². The van der Waals surface area contributed by atoms with Gasteiger partial charge in [-0.1, -0.05) is 31.7 Å². The first-order valence-corrected chi connectivity index (χ1v) is 8.86. The lowest BCUT2D eigenvalue weighted by Gasteiger charge is -2.32. The molecule has 3 rings (SSSR count). The van der Waals surface area contributed by atoms with Gasteiger partial charge in [0.05, 0.1) is 12.7 Å². The summed E-state index contributed by atoms with van der Waals surface area (Å²) >= 11 is 0.